The molecule has 0 aliphatic carbocycles. The van der Waals surface area contributed by atoms with Crippen LogP contribution in [0, 0.1) is 11.3 Å². The second-order valence-electron chi connectivity index (χ2n) is 7.42. The molecule has 0 aliphatic rings. The lowest BCUT2D eigenvalue weighted by Gasteiger charge is -2.12. The summed E-state index contributed by atoms with van der Waals surface area (Å²) in [4.78, 5) is 37.3. The van der Waals surface area contributed by atoms with Gasteiger partial charge in [-0.25, -0.2) is 9.59 Å². The molecule has 0 unspecified atom stereocenters. The maximum Gasteiger partial charge on any atom is 0.343 e. The van der Waals surface area contributed by atoms with Crippen LogP contribution >= 0.6 is 0 Å². The Morgan fingerprint density at radius 3 is 2.32 bits per heavy atom. The summed E-state index contributed by atoms with van der Waals surface area (Å²) in [6.45, 7) is 2.06. The summed E-state index contributed by atoms with van der Waals surface area (Å²) in [5.41, 5.74) is 0.919. The number of para-hydroxylation sites is 1. The number of nitrogens with one attached hydrogen (secondary N) is 1. The predicted octanol–water partition coefficient (Wildman–Crippen LogP) is 4.65. The number of nitriles is 1. The van der Waals surface area contributed by atoms with Crippen molar-refractivity contribution in [3.8, 4) is 23.3 Å². The largest absolute Gasteiger partial charge is 0.497 e. The minimum absolute atomic E-state index is 0.150. The van der Waals surface area contributed by atoms with Crippen molar-refractivity contribution in [2.45, 2.75) is 6.92 Å². The van der Waals surface area contributed by atoms with Crippen LogP contribution in [0.15, 0.2) is 72.3 Å². The van der Waals surface area contributed by atoms with E-state index in [1.54, 1.807) is 55.5 Å². The molecule has 3 aromatic rings. The number of hydrogen-bond acceptors (Lipinski definition) is 8. The van der Waals surface area contributed by atoms with E-state index in [4.69, 9.17) is 18.9 Å². The monoisotopic (exact) mass is 500 g/mol. The van der Waals surface area contributed by atoms with E-state index in [0.29, 0.717) is 16.9 Å². The molecular weight excluding hydrogens is 476 g/mol. The molecule has 0 aliphatic heterocycles. The molecule has 37 heavy (non-hydrogen) atoms. The smallest absolute Gasteiger partial charge is 0.343 e. The van der Waals surface area contributed by atoms with Gasteiger partial charge < -0.3 is 24.3 Å². The number of methoxy groups -OCH3 is 2. The Bertz CT molecular complexity index is 1370. The zero-order valence-corrected chi connectivity index (χ0v) is 20.4. The second kappa shape index (κ2) is 12.6. The van der Waals surface area contributed by atoms with E-state index in [-0.39, 0.29) is 34.9 Å². The summed E-state index contributed by atoms with van der Waals surface area (Å²) in [7, 11) is 2.76. The zero-order chi connectivity index (χ0) is 26.8. The van der Waals surface area contributed by atoms with Crippen LogP contribution in [-0.2, 0) is 9.53 Å². The SMILES string of the molecule is CCOc1cc(/C=C(/C#N)C(=O)Nc2ccccc2C(=O)OC)ccc1OC(=O)c1ccc(OC)cc1. The van der Waals surface area contributed by atoms with Crippen LogP contribution in [0.25, 0.3) is 6.08 Å². The second-order valence-corrected chi connectivity index (χ2v) is 7.42. The summed E-state index contributed by atoms with van der Waals surface area (Å²) in [5, 5.41) is 12.2. The van der Waals surface area contributed by atoms with Gasteiger partial charge in [0.1, 0.15) is 17.4 Å². The van der Waals surface area contributed by atoms with Gasteiger partial charge in [0.25, 0.3) is 5.91 Å². The highest BCUT2D eigenvalue weighted by Gasteiger charge is 2.17. The van der Waals surface area contributed by atoms with Crippen LogP contribution in [-0.4, -0.2) is 38.7 Å². The molecule has 1 amide bonds. The molecule has 9 heteroatoms. The Hall–Kier alpha value is -5.10. The molecule has 0 spiro atoms. The van der Waals surface area contributed by atoms with Crippen molar-refractivity contribution < 1.29 is 33.3 Å². The summed E-state index contributed by atoms with van der Waals surface area (Å²) in [5.74, 6) is -0.893. The van der Waals surface area contributed by atoms with Crippen LogP contribution in [0.2, 0.25) is 0 Å². The molecule has 188 valence electrons. The zero-order valence-electron chi connectivity index (χ0n) is 20.4. The highest BCUT2D eigenvalue weighted by molar-refractivity contribution is 6.12. The third-order valence-corrected chi connectivity index (χ3v) is 5.05. The molecular formula is C28H24N2O7. The fourth-order valence-electron chi connectivity index (χ4n) is 3.24. The number of esters is 2. The van der Waals surface area contributed by atoms with E-state index in [2.05, 4.69) is 5.32 Å². The first-order valence-electron chi connectivity index (χ1n) is 11.1. The lowest BCUT2D eigenvalue weighted by Crippen LogP contribution is -2.16. The number of benzene rings is 3. The molecule has 1 N–H and O–H groups in total. The number of anilines is 1. The maximum absolute atomic E-state index is 12.8. The molecule has 0 aromatic heterocycles. The molecule has 0 atom stereocenters. The lowest BCUT2D eigenvalue weighted by molar-refractivity contribution is -0.112. The summed E-state index contributed by atoms with van der Waals surface area (Å²) in [6.07, 6.45) is 1.35. The number of ether oxygens (including phenoxy) is 4. The van der Waals surface area contributed by atoms with Gasteiger partial charge in [0.05, 0.1) is 37.6 Å². The van der Waals surface area contributed by atoms with E-state index in [1.807, 2.05) is 6.07 Å². The Morgan fingerprint density at radius 1 is 0.946 bits per heavy atom. The molecule has 0 heterocycles. The van der Waals surface area contributed by atoms with Crippen molar-refractivity contribution in [2.75, 3.05) is 26.1 Å². The number of rotatable bonds is 9. The number of amides is 1. The molecule has 3 rings (SSSR count). The van der Waals surface area contributed by atoms with Crippen LogP contribution in [0.4, 0.5) is 5.69 Å². The van der Waals surface area contributed by atoms with E-state index in [1.165, 1.54) is 38.5 Å². The van der Waals surface area contributed by atoms with E-state index < -0.39 is 17.8 Å². The summed E-state index contributed by atoms with van der Waals surface area (Å²) < 4.78 is 20.9. The molecule has 9 nitrogen and oxygen atoms in total. The van der Waals surface area contributed by atoms with Crippen LogP contribution in [0.3, 0.4) is 0 Å². The molecule has 0 saturated heterocycles. The minimum atomic E-state index is -0.716. The van der Waals surface area contributed by atoms with Crippen LogP contribution in [0.5, 0.6) is 17.2 Å². The van der Waals surface area contributed by atoms with Crippen molar-refractivity contribution in [3.05, 3.63) is 89.0 Å². The normalized spacial score (nSPS) is 10.6. The van der Waals surface area contributed by atoms with Crippen molar-refractivity contribution in [2.24, 2.45) is 0 Å². The molecule has 0 radical (unpaired) electrons. The highest BCUT2D eigenvalue weighted by Crippen LogP contribution is 2.30. The van der Waals surface area contributed by atoms with Gasteiger partial charge in [-0.05, 0) is 67.1 Å². The Kier molecular flexibility index (Phi) is 9.00. The number of nitrogens with zero attached hydrogens (tertiary/aromatic N) is 1. The van der Waals surface area contributed by atoms with Crippen molar-refractivity contribution >= 4 is 29.6 Å². The Morgan fingerprint density at radius 2 is 1.68 bits per heavy atom. The van der Waals surface area contributed by atoms with Gasteiger partial charge in [-0.15, -0.1) is 0 Å². The number of carbonyl (C=O) groups is 3. The van der Waals surface area contributed by atoms with E-state index in [9.17, 15) is 19.6 Å². The Labute approximate surface area is 213 Å². The average molecular weight is 501 g/mol. The summed E-state index contributed by atoms with van der Waals surface area (Å²) in [6, 6.07) is 19.2. The van der Waals surface area contributed by atoms with Gasteiger partial charge in [-0.2, -0.15) is 5.26 Å². The van der Waals surface area contributed by atoms with Gasteiger partial charge in [0, 0.05) is 0 Å². The standard InChI is InChI=1S/C28H24N2O7/c1-4-36-25-16-18(9-14-24(25)37-27(32)19-10-12-21(34-2)13-11-19)15-20(17-29)26(31)30-23-8-6-5-7-22(23)28(33)35-3/h5-16H,4H2,1-3H3,(H,30,31)/b20-15-. The molecule has 0 saturated carbocycles. The number of hydrogen-bond donors (Lipinski definition) is 1. The molecule has 0 bridgehead atoms. The lowest BCUT2D eigenvalue weighted by atomic mass is 10.1. The molecule has 3 aromatic carbocycles. The van der Waals surface area contributed by atoms with Gasteiger partial charge in [-0.1, -0.05) is 18.2 Å². The predicted molar refractivity (Wildman–Crippen MR) is 136 cm³/mol. The first kappa shape index (κ1) is 26.5. The van der Waals surface area contributed by atoms with Gasteiger partial charge in [0.2, 0.25) is 0 Å². The van der Waals surface area contributed by atoms with E-state index in [0.717, 1.165) is 0 Å². The van der Waals surface area contributed by atoms with Crippen LogP contribution in [0.1, 0.15) is 33.2 Å². The topological polar surface area (TPSA) is 124 Å². The third-order valence-electron chi connectivity index (χ3n) is 5.05. The fraction of sp³-hybridized carbons (Fsp3) is 0.143. The van der Waals surface area contributed by atoms with Crippen LogP contribution < -0.4 is 19.5 Å². The van der Waals surface area contributed by atoms with Crippen molar-refractivity contribution in [1.82, 2.24) is 0 Å². The summed E-state index contributed by atoms with van der Waals surface area (Å²) >= 11 is 0. The van der Waals surface area contributed by atoms with Crippen molar-refractivity contribution in [1.29, 1.82) is 5.26 Å². The van der Waals surface area contributed by atoms with Gasteiger partial charge >= 0.3 is 11.9 Å². The van der Waals surface area contributed by atoms with Crippen molar-refractivity contribution in [3.63, 3.8) is 0 Å². The average Bonchev–Trinajstić information content (AvgIpc) is 2.92. The quantitative estimate of drug-likeness (QED) is 0.195. The highest BCUT2D eigenvalue weighted by atomic mass is 16.6. The number of carbonyl (C=O) groups excluding carboxylic acids is 3. The fourth-order valence-corrected chi connectivity index (χ4v) is 3.24. The first-order chi connectivity index (χ1) is 17.9. The van der Waals surface area contributed by atoms with Gasteiger partial charge in [0.15, 0.2) is 11.5 Å². The van der Waals surface area contributed by atoms with Gasteiger partial charge in [-0.3, -0.25) is 4.79 Å². The molecule has 0 fully saturated rings. The minimum Gasteiger partial charge on any atom is -0.497 e. The first-order valence-corrected chi connectivity index (χ1v) is 11.1. The Balaban J connectivity index is 1.83. The van der Waals surface area contributed by atoms with E-state index >= 15 is 0 Å². The maximum atomic E-state index is 12.8. The third kappa shape index (κ3) is 6.74.